The number of amides is 1. The maximum Gasteiger partial charge on any atom is 0.264 e. The Bertz CT molecular complexity index is 1190. The van der Waals surface area contributed by atoms with Gasteiger partial charge in [0.1, 0.15) is 0 Å². The SMILES string of the molecule is Cc1cc(C)nc(NS(=O)(=O)c2ccc(NC(=O)C34CC5C[C@@](C)(C3)C[C@@](C)(C5)C4)cc2)n1. The fourth-order valence-corrected chi connectivity index (χ4v) is 8.58. The quantitative estimate of drug-likeness (QED) is 0.655. The number of nitrogens with zero attached hydrogens (tertiary/aromatic N) is 2. The summed E-state index contributed by atoms with van der Waals surface area (Å²) in [7, 11) is -3.83. The minimum atomic E-state index is -3.83. The summed E-state index contributed by atoms with van der Waals surface area (Å²) in [6, 6.07) is 8.09. The van der Waals surface area contributed by atoms with Gasteiger partial charge in [-0.1, -0.05) is 13.8 Å². The highest BCUT2D eigenvalue weighted by Gasteiger charge is 2.62. The molecule has 6 rings (SSSR count). The molecule has 4 saturated carbocycles. The molecule has 8 heteroatoms. The number of aryl methyl sites for hydroxylation is 2. The van der Waals surface area contributed by atoms with Crippen molar-refractivity contribution in [3.63, 3.8) is 0 Å². The van der Waals surface area contributed by atoms with E-state index in [2.05, 4.69) is 33.9 Å². The number of sulfonamides is 1. The summed E-state index contributed by atoms with van der Waals surface area (Å²) in [5.74, 6) is 0.767. The Hall–Kier alpha value is -2.48. The van der Waals surface area contributed by atoms with E-state index in [4.69, 9.17) is 0 Å². The van der Waals surface area contributed by atoms with Crippen molar-refractivity contribution in [2.24, 2.45) is 22.2 Å². The van der Waals surface area contributed by atoms with Gasteiger partial charge in [-0.3, -0.25) is 4.79 Å². The number of hydrogen-bond acceptors (Lipinski definition) is 5. The number of carbonyl (C=O) groups is 1. The lowest BCUT2D eigenvalue weighted by Crippen LogP contribution is -2.58. The molecular formula is C25H32N4O3S. The zero-order chi connectivity index (χ0) is 23.6. The molecule has 1 heterocycles. The molecule has 2 atom stereocenters. The van der Waals surface area contributed by atoms with Crippen LogP contribution in [0.3, 0.4) is 0 Å². The molecule has 0 unspecified atom stereocenters. The first kappa shape index (κ1) is 22.3. The smallest absolute Gasteiger partial charge is 0.264 e. The van der Waals surface area contributed by atoms with Crippen molar-refractivity contribution in [2.75, 3.05) is 10.0 Å². The van der Waals surface area contributed by atoms with Crippen LogP contribution in [-0.4, -0.2) is 24.3 Å². The highest BCUT2D eigenvalue weighted by Crippen LogP contribution is 2.69. The van der Waals surface area contributed by atoms with Crippen LogP contribution in [0.25, 0.3) is 0 Å². The van der Waals surface area contributed by atoms with E-state index in [0.717, 1.165) is 19.3 Å². The molecule has 2 N–H and O–H groups in total. The Morgan fingerprint density at radius 2 is 1.52 bits per heavy atom. The van der Waals surface area contributed by atoms with Crippen molar-refractivity contribution >= 4 is 27.6 Å². The largest absolute Gasteiger partial charge is 0.326 e. The highest BCUT2D eigenvalue weighted by atomic mass is 32.2. The van der Waals surface area contributed by atoms with E-state index in [1.807, 2.05) is 0 Å². The Kier molecular flexibility index (Phi) is 4.91. The van der Waals surface area contributed by atoms with Crippen LogP contribution in [0.2, 0.25) is 0 Å². The molecule has 0 saturated heterocycles. The summed E-state index contributed by atoms with van der Waals surface area (Å²) in [6.07, 6.45) is 6.56. The van der Waals surface area contributed by atoms with Crippen LogP contribution in [0.1, 0.15) is 63.8 Å². The van der Waals surface area contributed by atoms with Crippen molar-refractivity contribution in [3.05, 3.63) is 41.7 Å². The second-order valence-electron chi connectivity index (χ2n) is 11.5. The summed E-state index contributed by atoms with van der Waals surface area (Å²) in [4.78, 5) is 21.9. The molecule has 1 aromatic carbocycles. The topological polar surface area (TPSA) is 101 Å². The van der Waals surface area contributed by atoms with Crippen molar-refractivity contribution < 1.29 is 13.2 Å². The number of aromatic nitrogens is 2. The van der Waals surface area contributed by atoms with Gasteiger partial charge in [0.05, 0.1) is 10.3 Å². The minimum Gasteiger partial charge on any atom is -0.326 e. The van der Waals surface area contributed by atoms with Crippen molar-refractivity contribution in [3.8, 4) is 0 Å². The molecule has 0 aliphatic heterocycles. The molecular weight excluding hydrogens is 436 g/mol. The molecule has 176 valence electrons. The van der Waals surface area contributed by atoms with E-state index in [-0.39, 0.29) is 33.0 Å². The standard InChI is InChI=1S/C25H32N4O3S/c1-16-9-17(2)27-22(26-16)29-33(31,32)20-7-5-19(6-8-20)28-21(30)25-12-18-10-23(3,14-25)13-24(4,11-18)15-25/h5-9,18H,10-15H2,1-4H3,(H,28,30)(H,26,27,29)/t18?,23-,24-,25?/m1/s1. The van der Waals surface area contributed by atoms with Gasteiger partial charge in [0.25, 0.3) is 10.0 Å². The van der Waals surface area contributed by atoms with Crippen LogP contribution in [-0.2, 0) is 14.8 Å². The third-order valence-corrected chi connectivity index (χ3v) is 9.08. The van der Waals surface area contributed by atoms with E-state index in [1.54, 1.807) is 32.0 Å². The molecule has 4 fully saturated rings. The van der Waals surface area contributed by atoms with Crippen LogP contribution >= 0.6 is 0 Å². The maximum atomic E-state index is 13.5. The Labute approximate surface area is 195 Å². The molecule has 7 nitrogen and oxygen atoms in total. The van der Waals surface area contributed by atoms with Gasteiger partial charge < -0.3 is 5.32 Å². The van der Waals surface area contributed by atoms with Gasteiger partial charge in [0, 0.05) is 17.1 Å². The number of carbonyl (C=O) groups excluding carboxylic acids is 1. The molecule has 1 amide bonds. The Morgan fingerprint density at radius 3 is 2.06 bits per heavy atom. The molecule has 33 heavy (non-hydrogen) atoms. The summed E-state index contributed by atoms with van der Waals surface area (Å²) < 4.78 is 28.0. The molecule has 4 aliphatic rings. The second kappa shape index (κ2) is 7.26. The Balaban J connectivity index is 1.31. The molecule has 1 aromatic heterocycles. The molecule has 4 aliphatic carbocycles. The van der Waals surface area contributed by atoms with Gasteiger partial charge in [-0.2, -0.15) is 0 Å². The molecule has 0 spiro atoms. The summed E-state index contributed by atoms with van der Waals surface area (Å²) in [5, 5.41) is 3.10. The van der Waals surface area contributed by atoms with Crippen LogP contribution in [0.15, 0.2) is 35.2 Å². The van der Waals surface area contributed by atoms with E-state index in [1.165, 1.54) is 31.4 Å². The number of anilines is 2. The van der Waals surface area contributed by atoms with Gasteiger partial charge >= 0.3 is 0 Å². The van der Waals surface area contributed by atoms with Gasteiger partial charge in [0.15, 0.2) is 0 Å². The normalized spacial score (nSPS) is 32.5. The first-order valence-corrected chi connectivity index (χ1v) is 13.1. The van der Waals surface area contributed by atoms with Crippen LogP contribution in [0.4, 0.5) is 11.6 Å². The van der Waals surface area contributed by atoms with Crippen molar-refractivity contribution in [2.45, 2.75) is 71.1 Å². The number of rotatable bonds is 5. The zero-order valence-corrected chi connectivity index (χ0v) is 20.6. The number of nitrogens with one attached hydrogen (secondary N) is 2. The predicted molar refractivity (Wildman–Crippen MR) is 127 cm³/mol. The fourth-order valence-electron chi connectivity index (χ4n) is 7.63. The summed E-state index contributed by atoms with van der Waals surface area (Å²) in [6.45, 7) is 8.27. The van der Waals surface area contributed by atoms with E-state index in [0.29, 0.717) is 23.0 Å². The zero-order valence-electron chi connectivity index (χ0n) is 19.7. The van der Waals surface area contributed by atoms with Gasteiger partial charge in [-0.15, -0.1) is 0 Å². The van der Waals surface area contributed by atoms with Crippen molar-refractivity contribution in [1.29, 1.82) is 0 Å². The van der Waals surface area contributed by atoms with Gasteiger partial charge in [-0.05, 0) is 99.5 Å². The highest BCUT2D eigenvalue weighted by molar-refractivity contribution is 7.92. The van der Waals surface area contributed by atoms with E-state index >= 15 is 0 Å². The lowest BCUT2D eigenvalue weighted by molar-refractivity contribution is -0.165. The first-order valence-electron chi connectivity index (χ1n) is 11.6. The van der Waals surface area contributed by atoms with Crippen LogP contribution in [0, 0.1) is 36.0 Å². The third-order valence-electron chi connectivity index (χ3n) is 7.74. The molecule has 4 bridgehead atoms. The third kappa shape index (κ3) is 4.14. The lowest BCUT2D eigenvalue weighted by Gasteiger charge is -2.64. The summed E-state index contributed by atoms with van der Waals surface area (Å²) >= 11 is 0. The van der Waals surface area contributed by atoms with E-state index in [9.17, 15) is 13.2 Å². The minimum absolute atomic E-state index is 0.0497. The lowest BCUT2D eigenvalue weighted by atomic mass is 9.40. The average molecular weight is 469 g/mol. The monoisotopic (exact) mass is 468 g/mol. The molecule has 2 aromatic rings. The van der Waals surface area contributed by atoms with Crippen molar-refractivity contribution in [1.82, 2.24) is 9.97 Å². The van der Waals surface area contributed by atoms with Crippen LogP contribution in [0.5, 0.6) is 0 Å². The maximum absolute atomic E-state index is 13.5. The summed E-state index contributed by atoms with van der Waals surface area (Å²) in [5.41, 5.74) is 2.19. The average Bonchev–Trinajstić information content (AvgIpc) is 2.64. The van der Waals surface area contributed by atoms with E-state index < -0.39 is 10.0 Å². The van der Waals surface area contributed by atoms with Gasteiger partial charge in [0.2, 0.25) is 11.9 Å². The second-order valence-corrected chi connectivity index (χ2v) is 13.2. The molecule has 0 radical (unpaired) electrons. The number of benzene rings is 1. The Morgan fingerprint density at radius 1 is 0.939 bits per heavy atom. The predicted octanol–water partition coefficient (Wildman–Crippen LogP) is 4.83. The first-order chi connectivity index (χ1) is 15.4. The number of hydrogen-bond donors (Lipinski definition) is 2. The van der Waals surface area contributed by atoms with Crippen LogP contribution < -0.4 is 10.0 Å². The van der Waals surface area contributed by atoms with Gasteiger partial charge in [-0.25, -0.2) is 23.1 Å². The fraction of sp³-hybridized carbons (Fsp3) is 0.560.